The van der Waals surface area contributed by atoms with E-state index >= 15 is 0 Å². The molecule has 0 aromatic carbocycles. The fourth-order valence-corrected chi connectivity index (χ4v) is 1.87. The van der Waals surface area contributed by atoms with Crippen LogP contribution in [0, 0.1) is 10.1 Å². The van der Waals surface area contributed by atoms with E-state index in [2.05, 4.69) is 4.90 Å². The molecule has 1 saturated heterocycles. The van der Waals surface area contributed by atoms with Gasteiger partial charge in [0.05, 0.1) is 0 Å². The highest BCUT2D eigenvalue weighted by molar-refractivity contribution is 4.87. The van der Waals surface area contributed by atoms with Gasteiger partial charge in [-0.25, -0.2) is 4.90 Å². The molecule has 0 aromatic rings. The van der Waals surface area contributed by atoms with Crippen LogP contribution in [0.1, 0.15) is 12.8 Å². The van der Waals surface area contributed by atoms with Crippen molar-refractivity contribution in [2.75, 3.05) is 32.8 Å². The Hall–Kier alpha value is -0.680. The molecule has 1 saturated carbocycles. The molecule has 5 heteroatoms. The van der Waals surface area contributed by atoms with Gasteiger partial charge in [0.1, 0.15) is 0 Å². The SMILES string of the molecule is O=[N+]([O-])CN1CCN(C2CC2)CC1. The van der Waals surface area contributed by atoms with Gasteiger partial charge in [0.25, 0.3) is 6.67 Å². The molecular weight excluding hydrogens is 170 g/mol. The first-order valence-electron chi connectivity index (χ1n) is 4.84. The van der Waals surface area contributed by atoms with Crippen molar-refractivity contribution in [3.05, 3.63) is 10.1 Å². The van der Waals surface area contributed by atoms with E-state index in [1.165, 1.54) is 12.8 Å². The third-order valence-corrected chi connectivity index (χ3v) is 2.79. The van der Waals surface area contributed by atoms with Crippen LogP contribution in [0.5, 0.6) is 0 Å². The molecule has 0 amide bonds. The fraction of sp³-hybridized carbons (Fsp3) is 1.00. The maximum Gasteiger partial charge on any atom is 0.259 e. The van der Waals surface area contributed by atoms with E-state index in [0.29, 0.717) is 0 Å². The average molecular weight is 185 g/mol. The van der Waals surface area contributed by atoms with Crippen LogP contribution in [0.2, 0.25) is 0 Å². The van der Waals surface area contributed by atoms with E-state index in [-0.39, 0.29) is 11.6 Å². The van der Waals surface area contributed by atoms with Gasteiger partial charge in [-0.15, -0.1) is 0 Å². The molecule has 2 aliphatic rings. The van der Waals surface area contributed by atoms with Crippen molar-refractivity contribution in [2.45, 2.75) is 18.9 Å². The number of piperazine rings is 1. The van der Waals surface area contributed by atoms with Gasteiger partial charge >= 0.3 is 0 Å². The molecule has 0 N–H and O–H groups in total. The standard InChI is InChI=1S/C8H15N3O2/c12-11(13)7-9-3-5-10(6-4-9)8-1-2-8/h8H,1-7H2. The molecule has 1 aliphatic heterocycles. The van der Waals surface area contributed by atoms with Gasteiger partial charge < -0.3 is 0 Å². The maximum atomic E-state index is 10.2. The molecule has 0 aromatic heterocycles. The molecule has 0 unspecified atom stereocenters. The number of hydrogen-bond donors (Lipinski definition) is 0. The van der Waals surface area contributed by atoms with Crippen molar-refractivity contribution >= 4 is 0 Å². The third-order valence-electron chi connectivity index (χ3n) is 2.79. The zero-order chi connectivity index (χ0) is 9.26. The number of nitrogens with zero attached hydrogens (tertiary/aromatic N) is 3. The molecule has 0 spiro atoms. The Morgan fingerprint density at radius 3 is 2.31 bits per heavy atom. The van der Waals surface area contributed by atoms with E-state index in [1.54, 1.807) is 0 Å². The van der Waals surface area contributed by atoms with Crippen LogP contribution < -0.4 is 0 Å². The summed E-state index contributed by atoms with van der Waals surface area (Å²) in [5, 5.41) is 10.2. The van der Waals surface area contributed by atoms with Gasteiger partial charge in [-0.2, -0.15) is 0 Å². The number of rotatable bonds is 3. The lowest BCUT2D eigenvalue weighted by Gasteiger charge is -2.32. The van der Waals surface area contributed by atoms with E-state index in [1.807, 2.05) is 4.90 Å². The van der Waals surface area contributed by atoms with E-state index in [4.69, 9.17) is 0 Å². The van der Waals surface area contributed by atoms with Crippen molar-refractivity contribution in [1.82, 2.24) is 9.80 Å². The molecule has 0 atom stereocenters. The topological polar surface area (TPSA) is 49.6 Å². The monoisotopic (exact) mass is 185 g/mol. The zero-order valence-corrected chi connectivity index (χ0v) is 7.69. The molecule has 1 aliphatic carbocycles. The lowest BCUT2D eigenvalue weighted by Crippen LogP contribution is -2.48. The van der Waals surface area contributed by atoms with Gasteiger partial charge in [0.15, 0.2) is 0 Å². The Bertz CT molecular complexity index is 198. The minimum Gasteiger partial charge on any atom is -0.298 e. The predicted octanol–water partition coefficient (Wildman–Crippen LogP) is 0.000600. The Labute approximate surface area is 77.5 Å². The van der Waals surface area contributed by atoms with Crippen LogP contribution in [-0.2, 0) is 0 Å². The lowest BCUT2D eigenvalue weighted by molar-refractivity contribution is -0.504. The minimum atomic E-state index is -0.243. The predicted molar refractivity (Wildman–Crippen MR) is 48.0 cm³/mol. The fourth-order valence-electron chi connectivity index (χ4n) is 1.87. The van der Waals surface area contributed by atoms with Crippen LogP contribution in [-0.4, -0.2) is 53.6 Å². The molecule has 1 heterocycles. The van der Waals surface area contributed by atoms with E-state index in [0.717, 1.165) is 32.2 Å². The van der Waals surface area contributed by atoms with Gasteiger partial charge in [-0.1, -0.05) is 0 Å². The van der Waals surface area contributed by atoms with Crippen LogP contribution >= 0.6 is 0 Å². The maximum absolute atomic E-state index is 10.2. The second-order valence-corrected chi connectivity index (χ2v) is 3.86. The smallest absolute Gasteiger partial charge is 0.259 e. The van der Waals surface area contributed by atoms with Gasteiger partial charge in [0.2, 0.25) is 0 Å². The first kappa shape index (κ1) is 8.90. The van der Waals surface area contributed by atoms with Crippen LogP contribution in [0.4, 0.5) is 0 Å². The number of hydrogen-bond acceptors (Lipinski definition) is 4. The summed E-state index contributed by atoms with van der Waals surface area (Å²) in [5.74, 6) is 0. The third kappa shape index (κ3) is 2.38. The lowest BCUT2D eigenvalue weighted by atomic mass is 10.3. The highest BCUT2D eigenvalue weighted by Gasteiger charge is 2.31. The summed E-state index contributed by atoms with van der Waals surface area (Å²) < 4.78 is 0. The highest BCUT2D eigenvalue weighted by atomic mass is 16.6. The Morgan fingerprint density at radius 2 is 1.85 bits per heavy atom. The van der Waals surface area contributed by atoms with Crippen molar-refractivity contribution in [1.29, 1.82) is 0 Å². The second-order valence-electron chi connectivity index (χ2n) is 3.86. The summed E-state index contributed by atoms with van der Waals surface area (Å²) >= 11 is 0. The quantitative estimate of drug-likeness (QED) is 0.459. The number of nitro groups is 1. The van der Waals surface area contributed by atoms with Crippen LogP contribution in [0.25, 0.3) is 0 Å². The van der Waals surface area contributed by atoms with Crippen molar-refractivity contribution < 1.29 is 4.92 Å². The zero-order valence-electron chi connectivity index (χ0n) is 7.69. The normalized spacial score (nSPS) is 26.2. The second kappa shape index (κ2) is 3.59. The van der Waals surface area contributed by atoms with Gasteiger partial charge in [-0.05, 0) is 12.8 Å². The molecule has 0 bridgehead atoms. The Balaban J connectivity index is 1.72. The van der Waals surface area contributed by atoms with Crippen molar-refractivity contribution in [3.63, 3.8) is 0 Å². The van der Waals surface area contributed by atoms with Crippen molar-refractivity contribution in [2.24, 2.45) is 0 Å². The molecule has 74 valence electrons. The summed E-state index contributed by atoms with van der Waals surface area (Å²) in [6.07, 6.45) is 2.66. The summed E-state index contributed by atoms with van der Waals surface area (Å²) in [4.78, 5) is 14.4. The van der Waals surface area contributed by atoms with E-state index < -0.39 is 0 Å². The average Bonchev–Trinajstić information content (AvgIpc) is 2.87. The highest BCUT2D eigenvalue weighted by Crippen LogP contribution is 2.27. The van der Waals surface area contributed by atoms with Crippen LogP contribution in [0.3, 0.4) is 0 Å². The molecule has 2 rings (SSSR count). The van der Waals surface area contributed by atoms with Crippen LogP contribution in [0.15, 0.2) is 0 Å². The molecule has 2 fully saturated rings. The molecule has 0 radical (unpaired) electrons. The molecule has 5 nitrogen and oxygen atoms in total. The first-order chi connectivity index (χ1) is 6.25. The van der Waals surface area contributed by atoms with Crippen molar-refractivity contribution in [3.8, 4) is 0 Å². The van der Waals surface area contributed by atoms with Gasteiger partial charge in [0, 0.05) is 37.1 Å². The molecule has 13 heavy (non-hydrogen) atoms. The van der Waals surface area contributed by atoms with Gasteiger partial charge in [-0.3, -0.25) is 15.0 Å². The first-order valence-corrected chi connectivity index (χ1v) is 4.84. The Kier molecular flexibility index (Phi) is 2.46. The summed E-state index contributed by atoms with van der Waals surface area (Å²) in [6.45, 7) is 3.75. The minimum absolute atomic E-state index is 0.0124. The Morgan fingerprint density at radius 1 is 1.23 bits per heavy atom. The van der Waals surface area contributed by atoms with E-state index in [9.17, 15) is 10.1 Å². The summed E-state index contributed by atoms with van der Waals surface area (Å²) in [7, 11) is 0. The largest absolute Gasteiger partial charge is 0.298 e. The summed E-state index contributed by atoms with van der Waals surface area (Å²) in [5.41, 5.74) is 0. The summed E-state index contributed by atoms with van der Waals surface area (Å²) in [6, 6.07) is 0.803. The molecular formula is C8H15N3O2.